The van der Waals surface area contributed by atoms with Gasteiger partial charge in [-0.3, -0.25) is 9.97 Å². The first-order valence-corrected chi connectivity index (χ1v) is 9.61. The average molecular weight is 378 g/mol. The van der Waals surface area contributed by atoms with E-state index in [1.54, 1.807) is 0 Å². The number of nitrogens with zero attached hydrogens (tertiary/aromatic N) is 4. The van der Waals surface area contributed by atoms with Crippen LogP contribution in [-0.4, -0.2) is 31.1 Å². The molecule has 2 atom stereocenters. The molecule has 0 radical (unpaired) electrons. The molecule has 0 amide bonds. The second kappa shape index (κ2) is 7.48. The summed E-state index contributed by atoms with van der Waals surface area (Å²) in [6.07, 6.45) is 7.57. The molecule has 0 aliphatic carbocycles. The Labute approximate surface area is 165 Å². The molecule has 0 aromatic carbocycles. The quantitative estimate of drug-likeness (QED) is 0.684. The van der Waals surface area contributed by atoms with Crippen LogP contribution in [-0.2, 0) is 0 Å². The van der Waals surface area contributed by atoms with Crippen molar-refractivity contribution < 1.29 is 0 Å². The molecule has 0 bridgehead atoms. The molecule has 4 heterocycles. The first-order valence-electron chi connectivity index (χ1n) is 9.21. The second-order valence-electron chi connectivity index (χ2n) is 7.18. The van der Waals surface area contributed by atoms with E-state index in [0.717, 1.165) is 23.0 Å². The van der Waals surface area contributed by atoms with Crippen LogP contribution in [0.5, 0.6) is 0 Å². The van der Waals surface area contributed by atoms with Gasteiger partial charge in [-0.1, -0.05) is 19.9 Å². The first kappa shape index (κ1) is 17.7. The largest absolute Gasteiger partial charge is 0.352 e. The summed E-state index contributed by atoms with van der Waals surface area (Å²) in [5.74, 6) is 0.499. The van der Waals surface area contributed by atoms with Gasteiger partial charge in [-0.25, -0.2) is 0 Å². The molecular formula is C21H23N5S. The smallest absolute Gasteiger partial charge is 0.170 e. The Balaban J connectivity index is 1.81. The molecule has 0 spiro atoms. The van der Waals surface area contributed by atoms with Crippen molar-refractivity contribution in [3.63, 3.8) is 0 Å². The molecule has 0 saturated carbocycles. The standard InChI is InChI=1S/C21H23N5S/c1-15(2)14-26-20(19(24-21(26)27)17-6-3-4-10-23-17)18-7-5-13-25(18)16-8-11-22-12-9-16/h3-13,15,19-20H,14H2,1-2H3,(H,24,27)/t19-,20+/m0/s1. The van der Waals surface area contributed by atoms with Crippen LogP contribution in [0.4, 0.5) is 0 Å². The zero-order chi connectivity index (χ0) is 18.8. The molecule has 6 heteroatoms. The summed E-state index contributed by atoms with van der Waals surface area (Å²) < 4.78 is 2.21. The third-order valence-corrected chi connectivity index (χ3v) is 5.14. The molecule has 3 aromatic heterocycles. The molecule has 3 aromatic rings. The van der Waals surface area contributed by atoms with Crippen molar-refractivity contribution in [2.45, 2.75) is 25.9 Å². The summed E-state index contributed by atoms with van der Waals surface area (Å²) >= 11 is 5.71. The third kappa shape index (κ3) is 3.45. The molecule has 1 saturated heterocycles. The number of rotatable bonds is 5. The van der Waals surface area contributed by atoms with E-state index in [-0.39, 0.29) is 12.1 Å². The summed E-state index contributed by atoms with van der Waals surface area (Å²) in [5, 5.41) is 4.30. The Morgan fingerprint density at radius 3 is 2.59 bits per heavy atom. The van der Waals surface area contributed by atoms with Gasteiger partial charge in [0.15, 0.2) is 5.11 Å². The van der Waals surface area contributed by atoms with Gasteiger partial charge in [0.05, 0.1) is 17.8 Å². The fourth-order valence-corrected chi connectivity index (χ4v) is 4.01. The molecule has 5 nitrogen and oxygen atoms in total. The lowest BCUT2D eigenvalue weighted by Gasteiger charge is -2.30. The number of hydrogen-bond donors (Lipinski definition) is 1. The van der Waals surface area contributed by atoms with Crippen molar-refractivity contribution in [2.75, 3.05) is 6.54 Å². The Hall–Kier alpha value is -2.73. The summed E-state index contributed by atoms with van der Waals surface area (Å²) in [6, 6.07) is 14.4. The van der Waals surface area contributed by atoms with Crippen LogP contribution in [0.25, 0.3) is 5.69 Å². The topological polar surface area (TPSA) is 46.0 Å². The molecule has 4 rings (SSSR count). The molecular weight excluding hydrogens is 354 g/mol. The Morgan fingerprint density at radius 1 is 1.07 bits per heavy atom. The minimum atomic E-state index is 0.00735. The zero-order valence-corrected chi connectivity index (χ0v) is 16.3. The minimum Gasteiger partial charge on any atom is -0.352 e. The van der Waals surface area contributed by atoms with Gasteiger partial charge < -0.3 is 14.8 Å². The van der Waals surface area contributed by atoms with Crippen LogP contribution in [0.15, 0.2) is 67.3 Å². The maximum absolute atomic E-state index is 5.71. The zero-order valence-electron chi connectivity index (χ0n) is 15.5. The van der Waals surface area contributed by atoms with E-state index >= 15 is 0 Å². The van der Waals surface area contributed by atoms with Crippen molar-refractivity contribution >= 4 is 17.3 Å². The normalized spacial score (nSPS) is 19.5. The van der Waals surface area contributed by atoms with E-state index in [9.17, 15) is 0 Å². The predicted octanol–water partition coefficient (Wildman–Crippen LogP) is 3.90. The van der Waals surface area contributed by atoms with E-state index in [2.05, 4.69) is 63.0 Å². The van der Waals surface area contributed by atoms with E-state index < -0.39 is 0 Å². The lowest BCUT2D eigenvalue weighted by Crippen LogP contribution is -2.33. The summed E-state index contributed by atoms with van der Waals surface area (Å²) in [7, 11) is 0. The maximum atomic E-state index is 5.71. The van der Waals surface area contributed by atoms with Gasteiger partial charge in [0.25, 0.3) is 0 Å². The van der Waals surface area contributed by atoms with Crippen molar-refractivity contribution in [3.8, 4) is 5.69 Å². The summed E-state index contributed by atoms with van der Waals surface area (Å²) in [6.45, 7) is 5.33. The highest BCUT2D eigenvalue weighted by atomic mass is 32.1. The maximum Gasteiger partial charge on any atom is 0.170 e. The third-order valence-electron chi connectivity index (χ3n) is 4.78. The predicted molar refractivity (Wildman–Crippen MR) is 111 cm³/mol. The SMILES string of the molecule is CC(C)CN1C(=S)N[C@@H](c2ccccn2)[C@H]1c1cccn1-c1ccncc1. The van der Waals surface area contributed by atoms with Crippen LogP contribution in [0, 0.1) is 5.92 Å². The van der Waals surface area contributed by atoms with Gasteiger partial charge in [-0.05, 0) is 54.5 Å². The van der Waals surface area contributed by atoms with Crippen LogP contribution in [0.1, 0.15) is 37.3 Å². The van der Waals surface area contributed by atoms with Gasteiger partial charge in [0.2, 0.25) is 0 Å². The molecule has 1 aliphatic rings. The lowest BCUT2D eigenvalue weighted by atomic mass is 10.0. The second-order valence-corrected chi connectivity index (χ2v) is 7.57. The minimum absolute atomic E-state index is 0.00735. The lowest BCUT2D eigenvalue weighted by molar-refractivity contribution is 0.280. The van der Waals surface area contributed by atoms with Crippen LogP contribution in [0.3, 0.4) is 0 Å². The van der Waals surface area contributed by atoms with Crippen molar-refractivity contribution in [1.29, 1.82) is 0 Å². The molecule has 0 unspecified atom stereocenters. The number of hydrogen-bond acceptors (Lipinski definition) is 3. The number of nitrogens with one attached hydrogen (secondary N) is 1. The van der Waals surface area contributed by atoms with Crippen molar-refractivity contribution in [1.82, 2.24) is 24.8 Å². The Kier molecular flexibility index (Phi) is 4.90. The molecule has 138 valence electrons. The van der Waals surface area contributed by atoms with Gasteiger partial charge in [-0.15, -0.1) is 0 Å². The van der Waals surface area contributed by atoms with E-state index in [1.807, 2.05) is 42.9 Å². The fraction of sp³-hybridized carbons (Fsp3) is 0.286. The number of aromatic nitrogens is 3. The summed E-state index contributed by atoms with van der Waals surface area (Å²) in [5.41, 5.74) is 3.27. The van der Waals surface area contributed by atoms with Gasteiger partial charge in [0, 0.05) is 42.7 Å². The van der Waals surface area contributed by atoms with Gasteiger partial charge in [0.1, 0.15) is 0 Å². The Bertz CT molecular complexity index is 907. The van der Waals surface area contributed by atoms with E-state index in [0.29, 0.717) is 5.92 Å². The highest BCUT2D eigenvalue weighted by molar-refractivity contribution is 7.80. The number of pyridine rings is 2. The Morgan fingerprint density at radius 2 is 1.89 bits per heavy atom. The van der Waals surface area contributed by atoms with Crippen molar-refractivity contribution in [3.05, 3.63) is 78.6 Å². The van der Waals surface area contributed by atoms with Gasteiger partial charge in [-0.2, -0.15) is 0 Å². The van der Waals surface area contributed by atoms with Crippen LogP contribution < -0.4 is 5.32 Å². The molecule has 1 aliphatic heterocycles. The summed E-state index contributed by atoms with van der Waals surface area (Å²) in [4.78, 5) is 11.0. The highest BCUT2D eigenvalue weighted by Gasteiger charge is 2.41. The van der Waals surface area contributed by atoms with Crippen LogP contribution >= 0.6 is 12.2 Å². The number of thiocarbonyl (C=S) groups is 1. The van der Waals surface area contributed by atoms with E-state index in [1.165, 1.54) is 5.69 Å². The fourth-order valence-electron chi connectivity index (χ4n) is 3.69. The highest BCUT2D eigenvalue weighted by Crippen LogP contribution is 2.39. The average Bonchev–Trinajstić information content (AvgIpc) is 3.28. The van der Waals surface area contributed by atoms with Crippen LogP contribution in [0.2, 0.25) is 0 Å². The molecule has 1 fully saturated rings. The molecule has 27 heavy (non-hydrogen) atoms. The molecule has 1 N–H and O–H groups in total. The van der Waals surface area contributed by atoms with Crippen molar-refractivity contribution in [2.24, 2.45) is 5.92 Å². The first-order chi connectivity index (χ1) is 13.1. The van der Waals surface area contributed by atoms with Gasteiger partial charge >= 0.3 is 0 Å². The monoisotopic (exact) mass is 377 g/mol. The van der Waals surface area contributed by atoms with E-state index in [4.69, 9.17) is 12.2 Å².